The number of benzene rings is 1. The largest absolute Gasteiger partial charge is 0.381 e. The summed E-state index contributed by atoms with van der Waals surface area (Å²) < 4.78 is 15.9. The molecule has 1 unspecified atom stereocenters. The number of nitrogens with zero attached hydrogens (tertiary/aromatic N) is 1. The van der Waals surface area contributed by atoms with E-state index in [2.05, 4.69) is 10.5 Å². The first-order valence-corrected chi connectivity index (χ1v) is 8.42. The minimum absolute atomic E-state index is 0.231. The van der Waals surface area contributed by atoms with E-state index in [4.69, 9.17) is 14.0 Å². The number of aromatic nitrogens is 1. The van der Waals surface area contributed by atoms with Crippen LogP contribution < -0.4 is 5.32 Å². The van der Waals surface area contributed by atoms with Gasteiger partial charge >= 0.3 is 0 Å². The first kappa shape index (κ1) is 17.4. The maximum atomic E-state index is 12.0. The van der Waals surface area contributed by atoms with Gasteiger partial charge in [-0.2, -0.15) is 0 Å². The van der Waals surface area contributed by atoms with E-state index in [1.54, 1.807) is 6.07 Å². The fraction of sp³-hybridized carbons (Fsp3) is 0.368. The quantitative estimate of drug-likeness (QED) is 0.747. The van der Waals surface area contributed by atoms with E-state index in [-0.39, 0.29) is 18.2 Å². The van der Waals surface area contributed by atoms with Crippen LogP contribution in [0, 0.1) is 5.92 Å². The number of carbonyl (C=O) groups is 1. The fourth-order valence-electron chi connectivity index (χ4n) is 2.54. The highest BCUT2D eigenvalue weighted by atomic mass is 16.5. The monoisotopic (exact) mass is 342 g/mol. The van der Waals surface area contributed by atoms with Crippen LogP contribution >= 0.6 is 0 Å². The molecule has 6 heteroatoms. The van der Waals surface area contributed by atoms with E-state index in [1.165, 1.54) is 0 Å². The molecule has 1 aromatic carbocycles. The molecular weight excluding hydrogens is 320 g/mol. The number of ether oxygens (including phenoxy) is 2. The van der Waals surface area contributed by atoms with Crippen molar-refractivity contribution in [3.8, 4) is 0 Å². The first-order chi connectivity index (χ1) is 12.3. The van der Waals surface area contributed by atoms with Crippen molar-refractivity contribution in [3.05, 3.63) is 59.5 Å². The molecule has 1 N–H and O–H groups in total. The fourth-order valence-corrected chi connectivity index (χ4v) is 2.54. The van der Waals surface area contributed by atoms with Gasteiger partial charge in [-0.1, -0.05) is 47.6 Å². The second-order valence-corrected chi connectivity index (χ2v) is 5.95. The van der Waals surface area contributed by atoms with Crippen LogP contribution in [0.1, 0.15) is 28.2 Å². The summed E-state index contributed by atoms with van der Waals surface area (Å²) in [7, 11) is 0. The Kier molecular flexibility index (Phi) is 6.36. The molecule has 3 rings (SSSR count). The highest BCUT2D eigenvalue weighted by molar-refractivity contribution is 5.92. The molecule has 1 aliphatic heterocycles. The zero-order chi connectivity index (χ0) is 17.3. The average Bonchev–Trinajstić information content (AvgIpc) is 3.32. The van der Waals surface area contributed by atoms with E-state index >= 15 is 0 Å². The van der Waals surface area contributed by atoms with Gasteiger partial charge in [0.15, 0.2) is 11.5 Å². The van der Waals surface area contributed by atoms with Gasteiger partial charge < -0.3 is 19.3 Å². The highest BCUT2D eigenvalue weighted by Crippen LogP contribution is 2.11. The summed E-state index contributed by atoms with van der Waals surface area (Å²) in [5.74, 6) is 0.684. The van der Waals surface area contributed by atoms with E-state index < -0.39 is 0 Å². The Morgan fingerprint density at radius 3 is 3.04 bits per heavy atom. The summed E-state index contributed by atoms with van der Waals surface area (Å²) in [4.78, 5) is 12.0. The van der Waals surface area contributed by atoms with Gasteiger partial charge in [-0.05, 0) is 12.0 Å². The zero-order valence-electron chi connectivity index (χ0n) is 14.0. The van der Waals surface area contributed by atoms with Crippen molar-refractivity contribution >= 4 is 12.0 Å². The molecule has 1 aromatic heterocycles. The number of hydrogen-bond acceptors (Lipinski definition) is 5. The Morgan fingerprint density at radius 2 is 2.24 bits per heavy atom. The van der Waals surface area contributed by atoms with E-state index in [0.717, 1.165) is 18.6 Å². The molecule has 132 valence electrons. The molecule has 1 aliphatic rings. The lowest BCUT2D eigenvalue weighted by Crippen LogP contribution is -2.29. The normalized spacial score (nSPS) is 17.2. The van der Waals surface area contributed by atoms with Gasteiger partial charge in [-0.3, -0.25) is 4.79 Å². The molecule has 0 bridgehead atoms. The van der Waals surface area contributed by atoms with Gasteiger partial charge in [0.05, 0.1) is 13.2 Å². The second kappa shape index (κ2) is 9.15. The molecule has 1 atom stereocenters. The van der Waals surface area contributed by atoms with Crippen LogP contribution in [-0.4, -0.2) is 37.4 Å². The number of amides is 1. The second-order valence-electron chi connectivity index (χ2n) is 5.95. The van der Waals surface area contributed by atoms with Crippen LogP contribution in [0.3, 0.4) is 0 Å². The lowest BCUT2D eigenvalue weighted by molar-refractivity contribution is 0.0934. The Bertz CT molecular complexity index is 690. The van der Waals surface area contributed by atoms with Gasteiger partial charge in [0.25, 0.3) is 5.91 Å². The van der Waals surface area contributed by atoms with Crippen molar-refractivity contribution in [2.24, 2.45) is 5.92 Å². The topological polar surface area (TPSA) is 73.6 Å². The molecule has 1 amide bonds. The standard InChI is InChI=1S/C19H22N2O4/c22-19(20-12-16-8-10-24-13-16)18-11-17(25-21-18)14-23-9-4-7-15-5-2-1-3-6-15/h1-7,11,16H,8-10,12-14H2,(H,20,22)/b7-4+. The molecule has 0 spiro atoms. The lowest BCUT2D eigenvalue weighted by Gasteiger charge is -2.07. The minimum atomic E-state index is -0.231. The van der Waals surface area contributed by atoms with E-state index in [0.29, 0.717) is 31.4 Å². The molecule has 0 radical (unpaired) electrons. The van der Waals surface area contributed by atoms with Gasteiger partial charge in [-0.15, -0.1) is 0 Å². The van der Waals surface area contributed by atoms with E-state index in [1.807, 2.05) is 42.5 Å². The summed E-state index contributed by atoms with van der Waals surface area (Å²) in [6.45, 7) is 2.80. The number of carbonyl (C=O) groups excluding carboxylic acids is 1. The molecule has 0 aliphatic carbocycles. The molecular formula is C19H22N2O4. The van der Waals surface area contributed by atoms with Crippen molar-refractivity contribution in [2.45, 2.75) is 13.0 Å². The lowest BCUT2D eigenvalue weighted by atomic mass is 10.1. The summed E-state index contributed by atoms with van der Waals surface area (Å²) in [6, 6.07) is 11.6. The van der Waals surface area contributed by atoms with Crippen LogP contribution in [-0.2, 0) is 16.1 Å². The van der Waals surface area contributed by atoms with Crippen LogP contribution in [0.4, 0.5) is 0 Å². The van der Waals surface area contributed by atoms with Crippen LogP contribution in [0.25, 0.3) is 6.08 Å². The molecule has 2 heterocycles. The molecule has 2 aromatic rings. The Balaban J connectivity index is 1.37. The van der Waals surface area contributed by atoms with Crippen LogP contribution in [0.15, 0.2) is 47.0 Å². The molecule has 1 fully saturated rings. The summed E-state index contributed by atoms with van der Waals surface area (Å²) in [5.41, 5.74) is 1.40. The maximum absolute atomic E-state index is 12.0. The SMILES string of the molecule is O=C(NCC1CCOC1)c1cc(COC/C=C/c2ccccc2)on1. The van der Waals surface area contributed by atoms with Gasteiger partial charge in [0.1, 0.15) is 6.61 Å². The van der Waals surface area contributed by atoms with Gasteiger partial charge in [-0.25, -0.2) is 0 Å². The molecule has 6 nitrogen and oxygen atoms in total. The Hall–Kier alpha value is -2.44. The molecule has 1 saturated heterocycles. The third-order valence-electron chi connectivity index (χ3n) is 3.94. The number of rotatable bonds is 8. The molecule has 25 heavy (non-hydrogen) atoms. The van der Waals surface area contributed by atoms with Crippen molar-refractivity contribution in [3.63, 3.8) is 0 Å². The van der Waals surface area contributed by atoms with Gasteiger partial charge in [0, 0.05) is 25.1 Å². The number of hydrogen-bond donors (Lipinski definition) is 1. The average molecular weight is 342 g/mol. The smallest absolute Gasteiger partial charge is 0.273 e. The highest BCUT2D eigenvalue weighted by Gasteiger charge is 2.18. The number of nitrogens with one attached hydrogen (secondary N) is 1. The molecule has 0 saturated carbocycles. The van der Waals surface area contributed by atoms with E-state index in [9.17, 15) is 4.79 Å². The predicted octanol–water partition coefficient (Wildman–Crippen LogP) is 2.67. The Morgan fingerprint density at radius 1 is 1.36 bits per heavy atom. The first-order valence-electron chi connectivity index (χ1n) is 8.42. The predicted molar refractivity (Wildman–Crippen MR) is 92.9 cm³/mol. The third kappa shape index (κ3) is 5.55. The zero-order valence-corrected chi connectivity index (χ0v) is 14.0. The van der Waals surface area contributed by atoms with Gasteiger partial charge in [0.2, 0.25) is 0 Å². The third-order valence-corrected chi connectivity index (χ3v) is 3.94. The Labute approximate surface area is 146 Å². The summed E-state index contributed by atoms with van der Waals surface area (Å²) in [5, 5.41) is 6.65. The van der Waals surface area contributed by atoms with Crippen molar-refractivity contribution in [1.82, 2.24) is 10.5 Å². The van der Waals surface area contributed by atoms with Crippen molar-refractivity contribution in [1.29, 1.82) is 0 Å². The maximum Gasteiger partial charge on any atom is 0.273 e. The minimum Gasteiger partial charge on any atom is -0.381 e. The summed E-state index contributed by atoms with van der Waals surface area (Å²) >= 11 is 0. The summed E-state index contributed by atoms with van der Waals surface area (Å²) in [6.07, 6.45) is 4.91. The van der Waals surface area contributed by atoms with Crippen LogP contribution in [0.2, 0.25) is 0 Å². The van der Waals surface area contributed by atoms with Crippen molar-refractivity contribution < 1.29 is 18.8 Å². The van der Waals surface area contributed by atoms with Crippen molar-refractivity contribution in [2.75, 3.05) is 26.4 Å². The van der Waals surface area contributed by atoms with Crippen LogP contribution in [0.5, 0.6) is 0 Å².